The van der Waals surface area contributed by atoms with Crippen LogP contribution in [0.5, 0.6) is 5.88 Å². The van der Waals surface area contributed by atoms with Crippen molar-refractivity contribution in [3.63, 3.8) is 0 Å². The highest BCUT2D eigenvalue weighted by molar-refractivity contribution is 5.86. The summed E-state index contributed by atoms with van der Waals surface area (Å²) in [6, 6.07) is 3.09. The van der Waals surface area contributed by atoms with Gasteiger partial charge < -0.3 is 9.84 Å². The molecule has 1 aromatic rings. The molecule has 0 bridgehead atoms. The molecule has 1 aliphatic rings. The van der Waals surface area contributed by atoms with Gasteiger partial charge in [-0.05, 0) is 25.3 Å². The highest BCUT2D eigenvalue weighted by Gasteiger charge is 2.44. The molecule has 1 heterocycles. The molecule has 0 saturated heterocycles. The van der Waals surface area contributed by atoms with Crippen molar-refractivity contribution in [2.75, 3.05) is 7.11 Å². The van der Waals surface area contributed by atoms with Gasteiger partial charge in [0.15, 0.2) is 0 Å². The minimum Gasteiger partial charge on any atom is -0.481 e. The van der Waals surface area contributed by atoms with Crippen LogP contribution >= 0.6 is 0 Å². The van der Waals surface area contributed by atoms with E-state index in [-0.39, 0.29) is 24.8 Å². The first-order valence-corrected chi connectivity index (χ1v) is 6.65. The number of carboxylic acids is 1. The first-order valence-electron chi connectivity index (χ1n) is 6.65. The van der Waals surface area contributed by atoms with Crippen LogP contribution in [0.15, 0.2) is 29.5 Å². The minimum atomic E-state index is -2.86. The van der Waals surface area contributed by atoms with Crippen LogP contribution in [0.25, 0.3) is 0 Å². The Morgan fingerprint density at radius 2 is 2.19 bits per heavy atom. The summed E-state index contributed by atoms with van der Waals surface area (Å²) in [5, 5.41) is 9.02. The third-order valence-electron chi connectivity index (χ3n) is 3.94. The van der Waals surface area contributed by atoms with Gasteiger partial charge in [-0.1, -0.05) is 11.6 Å². The van der Waals surface area contributed by atoms with Gasteiger partial charge in [0.05, 0.1) is 13.0 Å². The fourth-order valence-corrected chi connectivity index (χ4v) is 2.56. The number of carboxylic acid groups (broad SMARTS) is 1. The Hall–Kier alpha value is -1.98. The maximum Gasteiger partial charge on any atom is 0.331 e. The molecule has 0 aliphatic heterocycles. The van der Waals surface area contributed by atoms with Gasteiger partial charge in [-0.15, -0.1) is 0 Å². The number of alkyl halides is 2. The van der Waals surface area contributed by atoms with Gasteiger partial charge in [0.1, 0.15) is 0 Å². The van der Waals surface area contributed by atoms with Gasteiger partial charge in [0.2, 0.25) is 5.88 Å². The van der Waals surface area contributed by atoms with Crippen LogP contribution in [0.1, 0.15) is 37.7 Å². The van der Waals surface area contributed by atoms with Gasteiger partial charge in [-0.25, -0.2) is 18.6 Å². The van der Waals surface area contributed by atoms with Gasteiger partial charge >= 0.3 is 5.97 Å². The van der Waals surface area contributed by atoms with Crippen molar-refractivity contribution in [1.29, 1.82) is 0 Å². The maximum absolute atomic E-state index is 14.1. The summed E-state index contributed by atoms with van der Waals surface area (Å²) in [6.45, 7) is 1.46. The summed E-state index contributed by atoms with van der Waals surface area (Å²) in [7, 11) is 1.45. The van der Waals surface area contributed by atoms with E-state index in [2.05, 4.69) is 4.98 Å². The number of allylic oxidation sites excluding steroid dienone is 1. The van der Waals surface area contributed by atoms with Crippen molar-refractivity contribution in [2.24, 2.45) is 0 Å². The first kappa shape index (κ1) is 15.4. The number of halogens is 2. The largest absolute Gasteiger partial charge is 0.481 e. The molecule has 1 atom stereocenters. The number of rotatable bonds is 3. The molecule has 1 saturated carbocycles. The summed E-state index contributed by atoms with van der Waals surface area (Å²) >= 11 is 0. The monoisotopic (exact) mass is 297 g/mol. The van der Waals surface area contributed by atoms with Crippen molar-refractivity contribution in [3.05, 3.63) is 35.0 Å². The number of methoxy groups -OCH3 is 1. The Bertz CT molecular complexity index is 567. The van der Waals surface area contributed by atoms with E-state index in [1.165, 1.54) is 26.3 Å². The molecule has 1 unspecified atom stereocenters. The molecule has 0 spiro atoms. The van der Waals surface area contributed by atoms with Crippen molar-refractivity contribution in [3.8, 4) is 5.88 Å². The molecule has 6 heteroatoms. The topological polar surface area (TPSA) is 59.4 Å². The lowest BCUT2D eigenvalue weighted by Crippen LogP contribution is -2.31. The molecule has 0 aromatic carbocycles. The molecule has 21 heavy (non-hydrogen) atoms. The molecule has 4 nitrogen and oxygen atoms in total. The smallest absolute Gasteiger partial charge is 0.331 e. The van der Waals surface area contributed by atoms with Crippen molar-refractivity contribution in [1.82, 2.24) is 4.98 Å². The molecule has 0 amide bonds. The van der Waals surface area contributed by atoms with Crippen LogP contribution in [-0.2, 0) is 4.79 Å². The summed E-state index contributed by atoms with van der Waals surface area (Å²) in [5.41, 5.74) is 1.14. The van der Waals surface area contributed by atoms with E-state index in [4.69, 9.17) is 9.84 Å². The number of ether oxygens (including phenoxy) is 1. The van der Waals surface area contributed by atoms with E-state index >= 15 is 0 Å². The Morgan fingerprint density at radius 3 is 2.71 bits per heavy atom. The second-order valence-corrected chi connectivity index (χ2v) is 5.19. The van der Waals surface area contributed by atoms with Gasteiger partial charge in [-0.3, -0.25) is 0 Å². The minimum absolute atomic E-state index is 0.0408. The average molecular weight is 297 g/mol. The van der Waals surface area contributed by atoms with Crippen LogP contribution < -0.4 is 4.74 Å². The lowest BCUT2D eigenvalue weighted by atomic mass is 9.77. The highest BCUT2D eigenvalue weighted by Crippen LogP contribution is 2.47. The summed E-state index contributed by atoms with van der Waals surface area (Å²) in [5.74, 6) is -4.61. The lowest BCUT2D eigenvalue weighted by molar-refractivity contribution is -0.132. The molecule has 1 N–H and O–H groups in total. The molecule has 1 fully saturated rings. The zero-order chi connectivity index (χ0) is 15.6. The molecule has 114 valence electrons. The zero-order valence-corrected chi connectivity index (χ0v) is 11.9. The van der Waals surface area contributed by atoms with E-state index in [9.17, 15) is 13.6 Å². The SMILES string of the molecule is COc1ccc(C2CC(=C(C)C(=O)O)CCC2(F)F)cn1. The second-order valence-electron chi connectivity index (χ2n) is 5.19. The Morgan fingerprint density at radius 1 is 1.48 bits per heavy atom. The molecular formula is C15H17F2NO3. The summed E-state index contributed by atoms with van der Waals surface area (Å²) in [6.07, 6.45) is 1.18. The number of hydrogen-bond donors (Lipinski definition) is 1. The second kappa shape index (κ2) is 5.79. The number of aromatic nitrogens is 1. The quantitative estimate of drug-likeness (QED) is 0.869. The molecule has 1 aliphatic carbocycles. The van der Waals surface area contributed by atoms with E-state index in [0.29, 0.717) is 17.0 Å². The number of nitrogens with zero attached hydrogens (tertiary/aromatic N) is 1. The number of aliphatic carboxylic acids is 1. The Labute approximate surface area is 121 Å². The number of hydrogen-bond acceptors (Lipinski definition) is 3. The van der Waals surface area contributed by atoms with Crippen molar-refractivity contribution >= 4 is 5.97 Å². The number of pyridine rings is 1. The van der Waals surface area contributed by atoms with Crippen molar-refractivity contribution < 1.29 is 23.4 Å². The van der Waals surface area contributed by atoms with E-state index in [0.717, 1.165) is 0 Å². The fourth-order valence-electron chi connectivity index (χ4n) is 2.56. The fraction of sp³-hybridized carbons (Fsp3) is 0.467. The van der Waals surface area contributed by atoms with Crippen LogP contribution in [0, 0.1) is 0 Å². The average Bonchev–Trinajstić information content (AvgIpc) is 2.46. The predicted octanol–water partition coefficient (Wildman–Crippen LogP) is 3.39. The zero-order valence-electron chi connectivity index (χ0n) is 11.9. The van der Waals surface area contributed by atoms with Gasteiger partial charge in [-0.2, -0.15) is 0 Å². The standard InChI is InChI=1S/C15H17F2NO3/c1-9(14(19)20)10-5-6-15(16,17)12(7-10)11-3-4-13(21-2)18-8-11/h3-4,8,12H,5-7H2,1-2H3,(H,19,20). The third kappa shape index (κ3) is 3.20. The van der Waals surface area contributed by atoms with Crippen LogP contribution in [0.3, 0.4) is 0 Å². The summed E-state index contributed by atoms with van der Waals surface area (Å²) in [4.78, 5) is 15.0. The third-order valence-corrected chi connectivity index (χ3v) is 3.94. The van der Waals surface area contributed by atoms with Crippen LogP contribution in [-0.4, -0.2) is 29.1 Å². The van der Waals surface area contributed by atoms with Crippen LogP contribution in [0.4, 0.5) is 8.78 Å². The predicted molar refractivity (Wildman–Crippen MR) is 72.7 cm³/mol. The van der Waals surface area contributed by atoms with E-state index in [1.54, 1.807) is 6.07 Å². The molecule has 0 radical (unpaired) electrons. The molecular weight excluding hydrogens is 280 g/mol. The number of carbonyl (C=O) groups is 1. The molecule has 1 aromatic heterocycles. The Balaban J connectivity index is 2.33. The molecule has 2 rings (SSSR count). The van der Waals surface area contributed by atoms with Gasteiger partial charge in [0.25, 0.3) is 5.92 Å². The highest BCUT2D eigenvalue weighted by atomic mass is 19.3. The lowest BCUT2D eigenvalue weighted by Gasteiger charge is -2.33. The maximum atomic E-state index is 14.1. The summed E-state index contributed by atoms with van der Waals surface area (Å²) < 4.78 is 33.2. The first-order chi connectivity index (χ1) is 9.85. The van der Waals surface area contributed by atoms with Crippen molar-refractivity contribution in [2.45, 2.75) is 38.0 Å². The normalized spacial score (nSPS) is 23.5. The van der Waals surface area contributed by atoms with Gasteiger partial charge in [0, 0.05) is 24.3 Å². The Kier molecular flexibility index (Phi) is 4.25. The van der Waals surface area contributed by atoms with E-state index < -0.39 is 17.8 Å². The van der Waals surface area contributed by atoms with Crippen LogP contribution in [0.2, 0.25) is 0 Å². The van der Waals surface area contributed by atoms with E-state index in [1.807, 2.05) is 0 Å².